The highest BCUT2D eigenvalue weighted by atomic mass is 16.1. The number of carbonyl (C=O) groups is 1. The van der Waals surface area contributed by atoms with Gasteiger partial charge in [0.2, 0.25) is 0 Å². The summed E-state index contributed by atoms with van der Waals surface area (Å²) in [5.41, 5.74) is 3.70. The molecule has 1 heteroatoms. The van der Waals surface area contributed by atoms with Crippen LogP contribution in [0.3, 0.4) is 0 Å². The van der Waals surface area contributed by atoms with Crippen LogP contribution in [-0.2, 0) is 0 Å². The number of hydrogen-bond donors (Lipinski definition) is 0. The Balaban J connectivity index is 2.37. The average molecular weight is 278 g/mol. The van der Waals surface area contributed by atoms with Crippen molar-refractivity contribution in [2.45, 2.75) is 27.2 Å². The molecule has 0 unspecified atom stereocenters. The lowest BCUT2D eigenvalue weighted by molar-refractivity contribution is 0.105. The first-order chi connectivity index (χ1) is 10.1. The molecule has 0 heterocycles. The summed E-state index contributed by atoms with van der Waals surface area (Å²) < 4.78 is 0. The largest absolute Gasteiger partial charge is 0.289 e. The number of rotatable bonds is 5. The van der Waals surface area contributed by atoms with Gasteiger partial charge in [-0.15, -0.1) is 0 Å². The molecule has 0 saturated heterocycles. The molecule has 0 atom stereocenters. The minimum atomic E-state index is 0.0989. The fourth-order valence-electron chi connectivity index (χ4n) is 2.17. The van der Waals surface area contributed by atoms with Crippen molar-refractivity contribution in [2.75, 3.05) is 0 Å². The van der Waals surface area contributed by atoms with Crippen molar-refractivity contribution in [1.82, 2.24) is 0 Å². The van der Waals surface area contributed by atoms with Crippen molar-refractivity contribution in [2.24, 2.45) is 5.92 Å². The summed E-state index contributed by atoms with van der Waals surface area (Å²) in [5.74, 6) is 0.636. The van der Waals surface area contributed by atoms with Gasteiger partial charge in [0.1, 0.15) is 0 Å². The van der Waals surface area contributed by atoms with Gasteiger partial charge >= 0.3 is 0 Å². The number of aryl methyl sites for hydroxylation is 1. The molecule has 0 spiro atoms. The molecule has 0 aromatic heterocycles. The average Bonchev–Trinajstić information content (AvgIpc) is 2.49. The van der Waals surface area contributed by atoms with E-state index in [0.29, 0.717) is 5.92 Å². The van der Waals surface area contributed by atoms with E-state index in [1.807, 2.05) is 61.5 Å². The van der Waals surface area contributed by atoms with Crippen molar-refractivity contribution in [3.8, 4) is 0 Å². The minimum Gasteiger partial charge on any atom is -0.289 e. The molecular formula is C20H22O. The highest BCUT2D eigenvalue weighted by molar-refractivity contribution is 6.28. The monoisotopic (exact) mass is 278 g/mol. The van der Waals surface area contributed by atoms with Gasteiger partial charge in [-0.25, -0.2) is 0 Å². The van der Waals surface area contributed by atoms with Crippen LogP contribution in [-0.4, -0.2) is 5.78 Å². The lowest BCUT2D eigenvalue weighted by Crippen LogP contribution is -2.03. The third kappa shape index (κ3) is 4.16. The summed E-state index contributed by atoms with van der Waals surface area (Å²) in [5, 5.41) is 0. The maximum absolute atomic E-state index is 12.8. The number of Topliss-reactive ketones (excluding diaryl/α,β-unsaturated/α-hetero) is 1. The normalized spacial score (nSPS) is 11.7. The molecule has 0 radical (unpaired) electrons. The van der Waals surface area contributed by atoms with Gasteiger partial charge in [0.25, 0.3) is 0 Å². The predicted octanol–water partition coefficient (Wildman–Crippen LogP) is 5.31. The number of carbonyl (C=O) groups excluding carboxylic acids is 1. The van der Waals surface area contributed by atoms with E-state index >= 15 is 0 Å². The zero-order valence-corrected chi connectivity index (χ0v) is 13.0. The van der Waals surface area contributed by atoms with Crippen molar-refractivity contribution in [3.05, 3.63) is 77.4 Å². The highest BCUT2D eigenvalue weighted by Crippen LogP contribution is 2.22. The number of benzene rings is 2. The summed E-state index contributed by atoms with van der Waals surface area (Å²) >= 11 is 0. The van der Waals surface area contributed by atoms with Crippen LogP contribution >= 0.6 is 0 Å². The lowest BCUT2D eigenvalue weighted by atomic mass is 9.94. The van der Waals surface area contributed by atoms with E-state index in [0.717, 1.165) is 23.1 Å². The summed E-state index contributed by atoms with van der Waals surface area (Å²) in [6.45, 7) is 6.35. The van der Waals surface area contributed by atoms with E-state index in [2.05, 4.69) is 19.9 Å². The standard InChI is InChI=1S/C20H22O/c1-15(2)9-14-19(17-7-5-4-6-8-17)20(21)18-12-10-16(3)11-13-18/h4-8,10-15H,9H2,1-3H3/b19-14+. The Kier molecular flexibility index (Phi) is 5.10. The molecule has 1 nitrogen and oxygen atoms in total. The molecule has 2 rings (SSSR count). The van der Waals surface area contributed by atoms with E-state index in [1.165, 1.54) is 5.56 Å². The summed E-state index contributed by atoms with van der Waals surface area (Å²) in [6, 6.07) is 17.7. The molecule has 0 aliphatic heterocycles. The van der Waals surface area contributed by atoms with Crippen LogP contribution < -0.4 is 0 Å². The molecule has 2 aromatic rings. The minimum absolute atomic E-state index is 0.0989. The van der Waals surface area contributed by atoms with E-state index in [4.69, 9.17) is 0 Å². The van der Waals surface area contributed by atoms with E-state index in [9.17, 15) is 4.79 Å². The van der Waals surface area contributed by atoms with Crippen LogP contribution in [0.25, 0.3) is 5.57 Å². The summed E-state index contributed by atoms with van der Waals surface area (Å²) in [7, 11) is 0. The maximum atomic E-state index is 12.8. The zero-order valence-electron chi connectivity index (χ0n) is 13.0. The second kappa shape index (κ2) is 7.03. The van der Waals surface area contributed by atoms with Gasteiger partial charge in [-0.1, -0.05) is 80.1 Å². The van der Waals surface area contributed by atoms with E-state index in [1.54, 1.807) is 0 Å². The third-order valence-electron chi connectivity index (χ3n) is 3.44. The van der Waals surface area contributed by atoms with Gasteiger partial charge in [0, 0.05) is 11.1 Å². The van der Waals surface area contributed by atoms with Gasteiger partial charge in [0.15, 0.2) is 5.78 Å². The van der Waals surface area contributed by atoms with Crippen LogP contribution in [0.2, 0.25) is 0 Å². The van der Waals surface area contributed by atoms with Crippen LogP contribution in [0.15, 0.2) is 60.7 Å². The number of ketones is 1. The molecule has 2 aromatic carbocycles. The van der Waals surface area contributed by atoms with E-state index < -0.39 is 0 Å². The van der Waals surface area contributed by atoms with Crippen molar-refractivity contribution < 1.29 is 4.79 Å². The van der Waals surface area contributed by atoms with Crippen molar-refractivity contribution >= 4 is 11.4 Å². The molecule has 0 saturated carbocycles. The molecule has 0 aliphatic carbocycles. The zero-order chi connectivity index (χ0) is 15.2. The number of hydrogen-bond acceptors (Lipinski definition) is 1. The molecule has 108 valence electrons. The Morgan fingerprint density at radius 1 is 0.952 bits per heavy atom. The Bertz CT molecular complexity index is 619. The molecule has 0 N–H and O–H groups in total. The van der Waals surface area contributed by atoms with Crippen LogP contribution in [0, 0.1) is 12.8 Å². The van der Waals surface area contributed by atoms with Crippen molar-refractivity contribution in [3.63, 3.8) is 0 Å². The molecular weight excluding hydrogens is 256 g/mol. The first kappa shape index (κ1) is 15.2. The SMILES string of the molecule is Cc1ccc(C(=O)/C(=C/CC(C)C)c2ccccc2)cc1. The fourth-order valence-corrected chi connectivity index (χ4v) is 2.17. The summed E-state index contributed by atoms with van der Waals surface area (Å²) in [4.78, 5) is 12.8. The second-order valence-electron chi connectivity index (χ2n) is 5.81. The van der Waals surface area contributed by atoms with E-state index in [-0.39, 0.29) is 5.78 Å². The second-order valence-corrected chi connectivity index (χ2v) is 5.81. The quantitative estimate of drug-likeness (QED) is 0.535. The third-order valence-corrected chi connectivity index (χ3v) is 3.44. The van der Waals surface area contributed by atoms with Crippen LogP contribution in [0.4, 0.5) is 0 Å². The Morgan fingerprint density at radius 2 is 1.57 bits per heavy atom. The fraction of sp³-hybridized carbons (Fsp3) is 0.250. The van der Waals surface area contributed by atoms with Gasteiger partial charge in [0.05, 0.1) is 0 Å². The van der Waals surface area contributed by atoms with Crippen LogP contribution in [0.1, 0.15) is 41.8 Å². The predicted molar refractivity (Wildman–Crippen MR) is 89.4 cm³/mol. The number of allylic oxidation sites excluding steroid dienone is 2. The first-order valence-electron chi connectivity index (χ1n) is 7.45. The van der Waals surface area contributed by atoms with Crippen LogP contribution in [0.5, 0.6) is 0 Å². The molecule has 0 amide bonds. The lowest BCUT2D eigenvalue weighted by Gasteiger charge is -2.09. The topological polar surface area (TPSA) is 17.1 Å². The molecule has 0 bridgehead atoms. The Hall–Kier alpha value is -2.15. The van der Waals surface area contributed by atoms with Crippen molar-refractivity contribution in [1.29, 1.82) is 0 Å². The Morgan fingerprint density at radius 3 is 2.14 bits per heavy atom. The summed E-state index contributed by atoms with van der Waals surface area (Å²) in [6.07, 6.45) is 2.98. The first-order valence-corrected chi connectivity index (χ1v) is 7.45. The molecule has 0 fully saturated rings. The highest BCUT2D eigenvalue weighted by Gasteiger charge is 2.14. The Labute approximate surface area is 127 Å². The van der Waals surface area contributed by atoms with Gasteiger partial charge in [-0.05, 0) is 24.8 Å². The molecule has 0 aliphatic rings. The molecule has 21 heavy (non-hydrogen) atoms. The smallest absolute Gasteiger partial charge is 0.193 e. The van der Waals surface area contributed by atoms with Gasteiger partial charge in [-0.2, -0.15) is 0 Å². The van der Waals surface area contributed by atoms with Gasteiger partial charge < -0.3 is 0 Å². The van der Waals surface area contributed by atoms with Gasteiger partial charge in [-0.3, -0.25) is 4.79 Å². The maximum Gasteiger partial charge on any atom is 0.193 e.